The quantitative estimate of drug-likeness (QED) is 0.885. The van der Waals surface area contributed by atoms with Crippen molar-refractivity contribution in [3.63, 3.8) is 0 Å². The van der Waals surface area contributed by atoms with Gasteiger partial charge >= 0.3 is 0 Å². The van der Waals surface area contributed by atoms with Crippen LogP contribution in [0.25, 0.3) is 0 Å². The summed E-state index contributed by atoms with van der Waals surface area (Å²) in [5, 5.41) is 4.75. The van der Waals surface area contributed by atoms with E-state index in [0.29, 0.717) is 16.8 Å². The van der Waals surface area contributed by atoms with Gasteiger partial charge in [0, 0.05) is 4.88 Å². The Morgan fingerprint density at radius 3 is 2.95 bits per heavy atom. The Balaban J connectivity index is 1.90. The van der Waals surface area contributed by atoms with Crippen LogP contribution in [0.3, 0.4) is 0 Å². The normalized spacial score (nSPS) is 11.9. The van der Waals surface area contributed by atoms with E-state index in [1.54, 1.807) is 18.3 Å². The van der Waals surface area contributed by atoms with Crippen LogP contribution in [0.5, 0.6) is 5.75 Å². The van der Waals surface area contributed by atoms with E-state index in [4.69, 9.17) is 4.74 Å². The van der Waals surface area contributed by atoms with Gasteiger partial charge < -0.3 is 10.1 Å². The maximum Gasteiger partial charge on any atom is 0.261 e. The van der Waals surface area contributed by atoms with Crippen molar-refractivity contribution < 1.29 is 13.9 Å². The first-order valence-corrected chi connectivity index (χ1v) is 7.65. The number of ether oxygens (including phenoxy) is 1. The van der Waals surface area contributed by atoms with E-state index in [1.165, 1.54) is 18.2 Å². The van der Waals surface area contributed by atoms with E-state index in [-0.39, 0.29) is 11.7 Å². The van der Waals surface area contributed by atoms with E-state index < -0.39 is 6.10 Å². The molecule has 0 fully saturated rings. The average Bonchev–Trinajstić information content (AvgIpc) is 2.92. The first-order chi connectivity index (χ1) is 9.56. The molecular formula is C14H13BrFNO2S. The molecule has 0 aliphatic carbocycles. The summed E-state index contributed by atoms with van der Waals surface area (Å²) in [6.07, 6.45) is -0.656. The summed E-state index contributed by atoms with van der Waals surface area (Å²) in [5.74, 6) is -0.140. The van der Waals surface area contributed by atoms with E-state index in [2.05, 4.69) is 21.2 Å². The second-order valence-electron chi connectivity index (χ2n) is 4.13. The van der Waals surface area contributed by atoms with Crippen LogP contribution in [0.15, 0.2) is 40.2 Å². The monoisotopic (exact) mass is 357 g/mol. The molecule has 20 heavy (non-hydrogen) atoms. The lowest BCUT2D eigenvalue weighted by atomic mass is 10.3. The van der Waals surface area contributed by atoms with Gasteiger partial charge in [-0.05, 0) is 52.5 Å². The van der Waals surface area contributed by atoms with Crippen LogP contribution >= 0.6 is 27.3 Å². The van der Waals surface area contributed by atoms with E-state index in [0.717, 1.165) is 4.88 Å². The van der Waals surface area contributed by atoms with Crippen LogP contribution in [0.1, 0.15) is 11.8 Å². The molecule has 0 saturated carbocycles. The third-order valence-electron chi connectivity index (χ3n) is 2.58. The number of benzene rings is 1. The number of nitrogens with one attached hydrogen (secondary N) is 1. The maximum absolute atomic E-state index is 13.0. The van der Waals surface area contributed by atoms with Crippen molar-refractivity contribution in [2.75, 3.05) is 0 Å². The second-order valence-corrected chi connectivity index (χ2v) is 6.02. The van der Waals surface area contributed by atoms with Gasteiger partial charge in [-0.15, -0.1) is 11.3 Å². The Morgan fingerprint density at radius 2 is 2.30 bits per heavy atom. The zero-order valence-corrected chi connectivity index (χ0v) is 13.1. The first kappa shape index (κ1) is 15.0. The Morgan fingerprint density at radius 1 is 1.50 bits per heavy atom. The molecule has 2 rings (SSSR count). The molecule has 0 radical (unpaired) electrons. The van der Waals surface area contributed by atoms with Gasteiger partial charge in [0.05, 0.1) is 11.0 Å². The molecule has 1 unspecified atom stereocenters. The number of carbonyl (C=O) groups excluding carboxylic acids is 1. The van der Waals surface area contributed by atoms with Crippen LogP contribution in [-0.2, 0) is 11.3 Å². The summed E-state index contributed by atoms with van der Waals surface area (Å²) in [5.41, 5.74) is 0. The summed E-state index contributed by atoms with van der Waals surface area (Å²) in [6.45, 7) is 2.13. The summed E-state index contributed by atoms with van der Waals surface area (Å²) >= 11 is 4.78. The predicted octanol–water partition coefficient (Wildman–Crippen LogP) is 3.73. The highest BCUT2D eigenvalue weighted by Gasteiger charge is 2.16. The minimum absolute atomic E-state index is 0.213. The molecule has 0 bridgehead atoms. The number of amides is 1. The van der Waals surface area contributed by atoms with Crippen molar-refractivity contribution in [3.8, 4) is 5.75 Å². The number of hydrogen-bond acceptors (Lipinski definition) is 3. The molecule has 6 heteroatoms. The highest BCUT2D eigenvalue weighted by Crippen LogP contribution is 2.26. The van der Waals surface area contributed by atoms with Crippen molar-refractivity contribution >= 4 is 33.2 Å². The minimum atomic E-state index is -0.656. The van der Waals surface area contributed by atoms with Crippen LogP contribution in [0.2, 0.25) is 0 Å². The average molecular weight is 358 g/mol. The predicted molar refractivity (Wildman–Crippen MR) is 80.4 cm³/mol. The standard InChI is InChI=1S/C14H13BrFNO2S/c1-9(14(18)17-8-11-3-2-6-20-11)19-13-5-4-10(16)7-12(13)15/h2-7,9H,8H2,1H3,(H,17,18). The molecule has 106 valence electrons. The van der Waals surface area contributed by atoms with Crippen molar-refractivity contribution in [2.24, 2.45) is 0 Å². The van der Waals surface area contributed by atoms with E-state index in [1.807, 2.05) is 17.5 Å². The van der Waals surface area contributed by atoms with Crippen LogP contribution in [-0.4, -0.2) is 12.0 Å². The topological polar surface area (TPSA) is 38.3 Å². The maximum atomic E-state index is 13.0. The first-order valence-electron chi connectivity index (χ1n) is 5.98. The number of halogens is 2. The lowest BCUT2D eigenvalue weighted by Gasteiger charge is -2.15. The zero-order chi connectivity index (χ0) is 14.5. The summed E-state index contributed by atoms with van der Waals surface area (Å²) in [6, 6.07) is 7.96. The minimum Gasteiger partial charge on any atom is -0.480 e. The molecule has 3 nitrogen and oxygen atoms in total. The lowest BCUT2D eigenvalue weighted by molar-refractivity contribution is -0.127. The molecule has 1 N–H and O–H groups in total. The van der Waals surface area contributed by atoms with Crippen LogP contribution in [0.4, 0.5) is 4.39 Å². The molecule has 0 saturated heterocycles. The van der Waals surface area contributed by atoms with Gasteiger partial charge in [0.2, 0.25) is 0 Å². The zero-order valence-electron chi connectivity index (χ0n) is 10.7. The molecule has 1 aromatic heterocycles. The van der Waals surface area contributed by atoms with E-state index in [9.17, 15) is 9.18 Å². The molecule has 0 spiro atoms. The van der Waals surface area contributed by atoms with Gasteiger partial charge in [0.15, 0.2) is 6.10 Å². The molecule has 1 aromatic carbocycles. The second kappa shape index (κ2) is 6.85. The largest absolute Gasteiger partial charge is 0.480 e. The number of carbonyl (C=O) groups is 1. The van der Waals surface area contributed by atoms with Gasteiger partial charge in [-0.1, -0.05) is 6.07 Å². The SMILES string of the molecule is CC(Oc1ccc(F)cc1Br)C(=O)NCc1cccs1. The highest BCUT2D eigenvalue weighted by molar-refractivity contribution is 9.10. The van der Waals surface area contributed by atoms with Gasteiger partial charge in [0.1, 0.15) is 11.6 Å². The molecular weight excluding hydrogens is 345 g/mol. The fraction of sp³-hybridized carbons (Fsp3) is 0.214. The summed E-state index contributed by atoms with van der Waals surface area (Å²) < 4.78 is 18.9. The van der Waals surface area contributed by atoms with Gasteiger partial charge in [0.25, 0.3) is 5.91 Å². The number of hydrogen-bond donors (Lipinski definition) is 1. The molecule has 0 aliphatic heterocycles. The van der Waals surface area contributed by atoms with Crippen molar-refractivity contribution in [1.29, 1.82) is 0 Å². The van der Waals surface area contributed by atoms with Gasteiger partial charge in [-0.3, -0.25) is 4.79 Å². The lowest BCUT2D eigenvalue weighted by Crippen LogP contribution is -2.35. The highest BCUT2D eigenvalue weighted by atomic mass is 79.9. The smallest absolute Gasteiger partial charge is 0.261 e. The Bertz CT molecular complexity index is 589. The van der Waals surface area contributed by atoms with Crippen LogP contribution in [0, 0.1) is 5.82 Å². The fourth-order valence-corrected chi connectivity index (χ4v) is 2.63. The van der Waals surface area contributed by atoms with Gasteiger partial charge in [-0.2, -0.15) is 0 Å². The Labute approximate surface area is 128 Å². The molecule has 0 aliphatic rings. The number of rotatable bonds is 5. The Kier molecular flexibility index (Phi) is 5.14. The third kappa shape index (κ3) is 4.05. The van der Waals surface area contributed by atoms with Crippen LogP contribution < -0.4 is 10.1 Å². The summed E-state index contributed by atoms with van der Waals surface area (Å²) in [4.78, 5) is 13.0. The third-order valence-corrected chi connectivity index (χ3v) is 4.08. The molecule has 2 aromatic rings. The van der Waals surface area contributed by atoms with Crippen molar-refractivity contribution in [2.45, 2.75) is 19.6 Å². The fourth-order valence-electron chi connectivity index (χ4n) is 1.55. The summed E-state index contributed by atoms with van der Waals surface area (Å²) in [7, 11) is 0. The van der Waals surface area contributed by atoms with Gasteiger partial charge in [-0.25, -0.2) is 4.39 Å². The van der Waals surface area contributed by atoms with Crippen molar-refractivity contribution in [3.05, 3.63) is 50.9 Å². The van der Waals surface area contributed by atoms with E-state index >= 15 is 0 Å². The van der Waals surface area contributed by atoms with Crippen molar-refractivity contribution in [1.82, 2.24) is 5.32 Å². The molecule has 1 amide bonds. The number of thiophene rings is 1. The molecule has 1 heterocycles. The Hall–Kier alpha value is -1.40. The molecule has 1 atom stereocenters.